The maximum absolute atomic E-state index is 12.6. The van der Waals surface area contributed by atoms with Crippen LogP contribution in [-0.2, 0) is 11.3 Å². The highest BCUT2D eigenvalue weighted by Gasteiger charge is 2.16. The molecule has 6 nitrogen and oxygen atoms in total. The van der Waals surface area contributed by atoms with Gasteiger partial charge in [-0.25, -0.2) is 4.98 Å². The maximum atomic E-state index is 12.6. The summed E-state index contributed by atoms with van der Waals surface area (Å²) in [6.45, 7) is 0.686. The highest BCUT2D eigenvalue weighted by atomic mass is 32.2. The first-order chi connectivity index (χ1) is 13.2. The normalized spacial score (nSPS) is 13.4. The van der Waals surface area contributed by atoms with Crippen LogP contribution in [0.1, 0.15) is 22.3 Å². The monoisotopic (exact) mass is 378 g/mol. The van der Waals surface area contributed by atoms with Gasteiger partial charge in [0.2, 0.25) is 5.91 Å². The highest BCUT2D eigenvalue weighted by Crippen LogP contribution is 2.31. The quantitative estimate of drug-likeness (QED) is 0.727. The molecule has 2 amide bonds. The van der Waals surface area contributed by atoms with Crippen LogP contribution in [0.5, 0.6) is 0 Å². The summed E-state index contributed by atoms with van der Waals surface area (Å²) in [5.74, 6) is 0.515. The molecule has 0 radical (unpaired) electrons. The number of thioether (sulfide) groups is 1. The molecular weight excluding hydrogens is 360 g/mol. The Kier molecular flexibility index (Phi) is 4.93. The lowest BCUT2D eigenvalue weighted by atomic mass is 10.1. The molecule has 0 saturated heterocycles. The first-order valence-electron chi connectivity index (χ1n) is 8.60. The molecule has 0 saturated carbocycles. The molecule has 4 rings (SSSR count). The summed E-state index contributed by atoms with van der Waals surface area (Å²) in [5.41, 5.74) is 3.00. The molecule has 1 aliphatic rings. The molecule has 1 aromatic heterocycles. The van der Waals surface area contributed by atoms with Crippen molar-refractivity contribution in [3.63, 3.8) is 0 Å². The Morgan fingerprint density at radius 2 is 2.19 bits per heavy atom. The van der Waals surface area contributed by atoms with Crippen LogP contribution in [0, 0.1) is 0 Å². The Hall–Kier alpha value is -3.06. The molecule has 7 heteroatoms. The second-order valence-corrected chi connectivity index (χ2v) is 7.38. The molecular formula is C20H18N4O2S. The minimum Gasteiger partial charge on any atom is -0.333 e. The van der Waals surface area contributed by atoms with Gasteiger partial charge in [-0.2, -0.15) is 0 Å². The van der Waals surface area contributed by atoms with Gasteiger partial charge in [-0.1, -0.05) is 12.1 Å². The second-order valence-electron chi connectivity index (χ2n) is 6.25. The van der Waals surface area contributed by atoms with Crippen molar-refractivity contribution >= 4 is 35.0 Å². The number of benzene rings is 2. The number of aromatic nitrogens is 2. The van der Waals surface area contributed by atoms with E-state index in [1.165, 1.54) is 0 Å². The average molecular weight is 378 g/mol. The number of amides is 2. The van der Waals surface area contributed by atoms with Crippen LogP contribution in [0.2, 0.25) is 0 Å². The van der Waals surface area contributed by atoms with Crippen LogP contribution < -0.4 is 10.6 Å². The maximum Gasteiger partial charge on any atom is 0.255 e. The van der Waals surface area contributed by atoms with Crippen molar-refractivity contribution in [3.8, 4) is 0 Å². The zero-order chi connectivity index (χ0) is 18.6. The van der Waals surface area contributed by atoms with E-state index in [-0.39, 0.29) is 11.8 Å². The van der Waals surface area contributed by atoms with Crippen molar-refractivity contribution < 1.29 is 9.59 Å². The fraction of sp³-hybridized carbons (Fsp3) is 0.150. The topological polar surface area (TPSA) is 76.0 Å². The molecule has 0 fully saturated rings. The number of rotatable bonds is 4. The van der Waals surface area contributed by atoms with Crippen molar-refractivity contribution in [3.05, 3.63) is 72.3 Å². The average Bonchev–Trinajstić information content (AvgIpc) is 3.08. The predicted octanol–water partition coefficient (Wildman–Crippen LogP) is 3.62. The lowest BCUT2D eigenvalue weighted by molar-refractivity contribution is -0.115. The third kappa shape index (κ3) is 4.20. The highest BCUT2D eigenvalue weighted by molar-refractivity contribution is 7.99. The number of fused-ring (bicyclic) bond motifs is 1. The Bertz CT molecular complexity index is 985. The predicted molar refractivity (Wildman–Crippen MR) is 106 cm³/mol. The molecule has 3 aromatic rings. The lowest BCUT2D eigenvalue weighted by Gasteiger charge is -2.11. The van der Waals surface area contributed by atoms with Crippen molar-refractivity contribution in [2.24, 2.45) is 0 Å². The zero-order valence-corrected chi connectivity index (χ0v) is 15.3. The van der Waals surface area contributed by atoms with E-state index in [9.17, 15) is 9.59 Å². The molecule has 2 heterocycles. The third-order valence-corrected chi connectivity index (χ3v) is 5.29. The molecule has 27 heavy (non-hydrogen) atoms. The summed E-state index contributed by atoms with van der Waals surface area (Å²) in [7, 11) is 0. The zero-order valence-electron chi connectivity index (χ0n) is 14.5. The molecule has 0 atom stereocenters. The van der Waals surface area contributed by atoms with Crippen LogP contribution in [-0.4, -0.2) is 27.1 Å². The summed E-state index contributed by atoms with van der Waals surface area (Å²) >= 11 is 1.62. The van der Waals surface area contributed by atoms with E-state index in [2.05, 4.69) is 15.6 Å². The smallest absolute Gasteiger partial charge is 0.255 e. The van der Waals surface area contributed by atoms with E-state index in [4.69, 9.17) is 0 Å². The number of carbonyl (C=O) groups is 2. The Morgan fingerprint density at radius 3 is 3.04 bits per heavy atom. The van der Waals surface area contributed by atoms with Crippen LogP contribution >= 0.6 is 11.8 Å². The minimum atomic E-state index is -0.207. The Morgan fingerprint density at radius 1 is 1.26 bits per heavy atom. The fourth-order valence-electron chi connectivity index (χ4n) is 2.90. The van der Waals surface area contributed by atoms with E-state index >= 15 is 0 Å². The van der Waals surface area contributed by atoms with Gasteiger partial charge in [0.05, 0.1) is 12.0 Å². The molecule has 0 spiro atoms. The summed E-state index contributed by atoms with van der Waals surface area (Å²) in [6, 6.07) is 13.1. The summed E-state index contributed by atoms with van der Waals surface area (Å²) in [5, 5.41) is 5.80. The summed E-state index contributed by atoms with van der Waals surface area (Å²) < 4.78 is 1.97. The van der Waals surface area contributed by atoms with Gasteiger partial charge in [0.25, 0.3) is 5.91 Å². The number of anilines is 2. The van der Waals surface area contributed by atoms with Gasteiger partial charge in [0.15, 0.2) is 0 Å². The number of nitrogens with one attached hydrogen (secondary N) is 2. The minimum absolute atomic E-state index is 0.0222. The van der Waals surface area contributed by atoms with Crippen molar-refractivity contribution in [1.82, 2.24) is 9.55 Å². The van der Waals surface area contributed by atoms with Gasteiger partial charge >= 0.3 is 0 Å². The number of nitrogens with zero attached hydrogens (tertiary/aromatic N) is 2. The van der Waals surface area contributed by atoms with Crippen LogP contribution in [0.25, 0.3) is 0 Å². The second kappa shape index (κ2) is 7.67. The molecule has 2 aromatic carbocycles. The van der Waals surface area contributed by atoms with Gasteiger partial charge in [-0.15, -0.1) is 11.8 Å². The first-order valence-corrected chi connectivity index (χ1v) is 9.59. The van der Waals surface area contributed by atoms with Crippen LogP contribution in [0.4, 0.5) is 11.4 Å². The van der Waals surface area contributed by atoms with E-state index in [0.29, 0.717) is 24.2 Å². The summed E-state index contributed by atoms with van der Waals surface area (Å²) in [4.78, 5) is 29.4. The lowest BCUT2D eigenvalue weighted by Crippen LogP contribution is -2.14. The first kappa shape index (κ1) is 17.4. The van der Waals surface area contributed by atoms with Gasteiger partial charge in [0, 0.05) is 47.3 Å². The van der Waals surface area contributed by atoms with E-state index in [0.717, 1.165) is 21.9 Å². The van der Waals surface area contributed by atoms with Crippen LogP contribution in [0.3, 0.4) is 0 Å². The van der Waals surface area contributed by atoms with E-state index < -0.39 is 0 Å². The Labute approximate surface area is 161 Å². The number of carbonyl (C=O) groups excluding carboxylic acids is 2. The van der Waals surface area contributed by atoms with Crippen LogP contribution in [0.15, 0.2) is 66.1 Å². The van der Waals surface area contributed by atoms with Crippen molar-refractivity contribution in [1.29, 1.82) is 0 Å². The Balaban J connectivity index is 1.50. The third-order valence-electron chi connectivity index (χ3n) is 4.21. The van der Waals surface area contributed by atoms with Gasteiger partial charge < -0.3 is 15.2 Å². The number of hydrogen-bond acceptors (Lipinski definition) is 4. The molecule has 0 bridgehead atoms. The fourth-order valence-corrected chi connectivity index (χ4v) is 3.84. The molecule has 0 unspecified atom stereocenters. The van der Waals surface area contributed by atoms with Gasteiger partial charge in [-0.3, -0.25) is 9.59 Å². The number of hydrogen-bond donors (Lipinski definition) is 2. The van der Waals surface area contributed by atoms with Gasteiger partial charge in [0.1, 0.15) is 0 Å². The standard InChI is InChI=1S/C20H18N4O2S/c25-19-6-9-27-18-5-4-15(11-17(18)23-19)20(26)22-16-3-1-2-14(10-16)12-24-8-7-21-13-24/h1-5,7-8,10-11,13H,6,9,12H2,(H,22,26)(H,23,25). The van der Waals surface area contributed by atoms with E-state index in [1.54, 1.807) is 36.4 Å². The van der Waals surface area contributed by atoms with Crippen molar-refractivity contribution in [2.45, 2.75) is 17.9 Å². The van der Waals surface area contributed by atoms with Crippen molar-refractivity contribution in [2.75, 3.05) is 16.4 Å². The molecule has 1 aliphatic heterocycles. The van der Waals surface area contributed by atoms with E-state index in [1.807, 2.05) is 41.1 Å². The number of imidazole rings is 1. The largest absolute Gasteiger partial charge is 0.333 e. The molecule has 2 N–H and O–H groups in total. The van der Waals surface area contributed by atoms with Gasteiger partial charge in [-0.05, 0) is 35.9 Å². The summed E-state index contributed by atoms with van der Waals surface area (Å²) in [6.07, 6.45) is 5.87. The molecule has 136 valence electrons. The SMILES string of the molecule is O=C1CCSc2ccc(C(=O)Nc3cccc(Cn4ccnc4)c3)cc2N1. The molecule has 0 aliphatic carbocycles.